The van der Waals surface area contributed by atoms with Gasteiger partial charge in [-0.2, -0.15) is 5.26 Å². The minimum absolute atomic E-state index is 0.0876. The number of imidazole rings is 2. The minimum Gasteiger partial charge on any atom is -0.324 e. The van der Waals surface area contributed by atoms with Crippen molar-refractivity contribution >= 4 is 23.4 Å². The van der Waals surface area contributed by atoms with Crippen LogP contribution in [-0.4, -0.2) is 53.8 Å². The Morgan fingerprint density at radius 2 is 1.29 bits per heavy atom. The highest BCUT2D eigenvalue weighted by Crippen LogP contribution is 2.32. The molecule has 2 fully saturated rings. The van der Waals surface area contributed by atoms with Crippen LogP contribution >= 0.6 is 11.6 Å². The van der Waals surface area contributed by atoms with E-state index in [0.29, 0.717) is 5.15 Å². The first kappa shape index (κ1) is 31.6. The fraction of sp³-hybridized carbons (Fsp3) is 0.276. The molecule has 6 rings (SSSR count). The molecule has 0 radical (unpaired) electrons. The van der Waals surface area contributed by atoms with Crippen molar-refractivity contribution in [1.29, 1.82) is 5.26 Å². The van der Waals surface area contributed by atoms with Gasteiger partial charge in [0.2, 0.25) is 11.8 Å². The molecule has 0 aliphatic carbocycles. The van der Waals surface area contributed by atoms with Gasteiger partial charge in [-0.3, -0.25) is 9.59 Å². The van der Waals surface area contributed by atoms with Crippen LogP contribution in [0.15, 0.2) is 49.3 Å². The zero-order valence-corrected chi connectivity index (χ0v) is 23.9. The Kier molecular flexibility index (Phi) is 9.14. The molecule has 0 N–H and O–H groups in total. The molecule has 45 heavy (non-hydrogen) atoms. The Morgan fingerprint density at radius 1 is 0.800 bits per heavy atom. The number of amides is 2. The number of carbonyl (C=O) groups is 2. The lowest BCUT2D eigenvalue weighted by molar-refractivity contribution is -0.129. The van der Waals surface area contributed by atoms with Crippen LogP contribution in [0, 0.1) is 46.2 Å². The molecule has 0 bridgehead atoms. The highest BCUT2D eigenvalue weighted by atomic mass is 35.5. The SMILES string of the molecule is N#Cc1cn(CN2CC(c3cc(F)c(F)c(F)c3)CC2=O)cn1.O=C1CC(c2cc(F)c(F)c(F)c2)CN1Cn1cncc1Cl. The number of aromatic nitrogens is 4. The van der Waals surface area contributed by atoms with Gasteiger partial charge in [-0.25, -0.2) is 36.3 Å². The quantitative estimate of drug-likeness (QED) is 0.215. The molecule has 2 aliphatic rings. The van der Waals surface area contributed by atoms with Crippen molar-refractivity contribution in [1.82, 2.24) is 28.9 Å². The number of nitriles is 1. The number of hydrogen-bond donors (Lipinski definition) is 0. The monoisotopic (exact) mass is 649 g/mol. The summed E-state index contributed by atoms with van der Waals surface area (Å²) >= 11 is 5.90. The van der Waals surface area contributed by atoms with Crippen LogP contribution in [0.1, 0.15) is 41.5 Å². The second-order valence-electron chi connectivity index (χ2n) is 10.5. The average Bonchev–Trinajstić information content (AvgIpc) is 3.80. The molecule has 2 aliphatic heterocycles. The molecule has 2 saturated heterocycles. The Balaban J connectivity index is 0.000000178. The predicted molar refractivity (Wildman–Crippen MR) is 145 cm³/mol. The highest BCUT2D eigenvalue weighted by molar-refractivity contribution is 6.29. The van der Waals surface area contributed by atoms with Crippen LogP contribution in [0.25, 0.3) is 0 Å². The molecule has 0 saturated carbocycles. The van der Waals surface area contributed by atoms with Crippen molar-refractivity contribution in [2.45, 2.75) is 38.0 Å². The Hall–Kier alpha value is -4.84. The van der Waals surface area contributed by atoms with E-state index in [1.165, 1.54) is 34.8 Å². The molecule has 2 aromatic heterocycles. The standard InChI is InChI=1S/C15H11F3N4O.C14H11ClF3N3O/c16-12-1-9(2-13(17)15(12)18)10-3-14(23)22(5-10)8-21-6-11(4-19)20-7-21;15-12-4-19-6-21(12)7-20-5-9(3-13(20)22)8-1-10(16)14(18)11(17)2-8/h1-2,6-7,10H,3,5,8H2;1-2,4,6,9H,3,5,7H2. The molecule has 0 spiro atoms. The Labute approximate surface area is 256 Å². The second-order valence-corrected chi connectivity index (χ2v) is 10.9. The number of hydrogen-bond acceptors (Lipinski definition) is 5. The summed E-state index contributed by atoms with van der Waals surface area (Å²) in [6, 6.07) is 5.59. The summed E-state index contributed by atoms with van der Waals surface area (Å²) < 4.78 is 82.4. The molecule has 4 heterocycles. The van der Waals surface area contributed by atoms with Crippen molar-refractivity contribution in [2.75, 3.05) is 13.1 Å². The first-order chi connectivity index (χ1) is 21.4. The number of rotatable bonds is 6. The summed E-state index contributed by atoms with van der Waals surface area (Å²) in [5.74, 6) is -9.21. The van der Waals surface area contributed by atoms with Gasteiger partial charge in [0.05, 0.1) is 32.2 Å². The third kappa shape index (κ3) is 6.96. The van der Waals surface area contributed by atoms with Crippen LogP contribution in [-0.2, 0) is 22.9 Å². The van der Waals surface area contributed by atoms with Gasteiger partial charge >= 0.3 is 0 Å². The largest absolute Gasteiger partial charge is 0.324 e. The van der Waals surface area contributed by atoms with Gasteiger partial charge in [0.1, 0.15) is 11.2 Å². The van der Waals surface area contributed by atoms with Gasteiger partial charge < -0.3 is 18.9 Å². The first-order valence-corrected chi connectivity index (χ1v) is 13.7. The van der Waals surface area contributed by atoms with E-state index >= 15 is 0 Å². The van der Waals surface area contributed by atoms with Crippen molar-refractivity contribution in [3.05, 3.63) is 106 Å². The predicted octanol–water partition coefficient (Wildman–Crippen LogP) is 5.07. The lowest BCUT2D eigenvalue weighted by Crippen LogP contribution is -2.27. The molecule has 2 atom stereocenters. The Bertz CT molecular complexity index is 1760. The van der Waals surface area contributed by atoms with Gasteiger partial charge in [0, 0.05) is 44.0 Å². The zero-order valence-electron chi connectivity index (χ0n) is 23.1. The molecular formula is C29H22ClF6N7O2. The summed E-state index contributed by atoms with van der Waals surface area (Å²) in [5, 5.41) is 9.11. The van der Waals surface area contributed by atoms with E-state index in [2.05, 4.69) is 9.97 Å². The van der Waals surface area contributed by atoms with Crippen LogP contribution in [0.2, 0.25) is 5.15 Å². The van der Waals surface area contributed by atoms with Gasteiger partial charge in [-0.05, 0) is 35.4 Å². The number of nitrogens with zero attached hydrogens (tertiary/aromatic N) is 7. The highest BCUT2D eigenvalue weighted by Gasteiger charge is 2.33. The number of carbonyl (C=O) groups excluding carboxylic acids is 2. The maximum atomic E-state index is 13.3. The second kappa shape index (κ2) is 13.0. The van der Waals surface area contributed by atoms with Crippen molar-refractivity contribution in [3.63, 3.8) is 0 Å². The van der Waals surface area contributed by atoms with Gasteiger partial charge in [-0.1, -0.05) is 11.6 Å². The summed E-state index contributed by atoms with van der Waals surface area (Å²) in [7, 11) is 0. The lowest BCUT2D eigenvalue weighted by atomic mass is 9.98. The third-order valence-corrected chi connectivity index (χ3v) is 7.77. The molecule has 2 unspecified atom stereocenters. The van der Waals surface area contributed by atoms with E-state index in [1.54, 1.807) is 9.13 Å². The molecule has 4 aromatic rings. The molecular weight excluding hydrogens is 628 g/mol. The normalized spacial score (nSPS) is 17.9. The van der Waals surface area contributed by atoms with E-state index in [-0.39, 0.29) is 73.8 Å². The topological polar surface area (TPSA) is 100 Å². The van der Waals surface area contributed by atoms with Crippen LogP contribution in [0.4, 0.5) is 26.3 Å². The van der Waals surface area contributed by atoms with Gasteiger partial charge in [0.15, 0.2) is 40.6 Å². The van der Waals surface area contributed by atoms with Gasteiger partial charge in [-0.15, -0.1) is 0 Å². The number of benzene rings is 2. The van der Waals surface area contributed by atoms with E-state index in [0.717, 1.165) is 24.3 Å². The minimum atomic E-state index is -1.52. The molecule has 234 valence electrons. The Morgan fingerprint density at radius 3 is 1.71 bits per heavy atom. The average molecular weight is 650 g/mol. The van der Waals surface area contributed by atoms with Crippen LogP contribution in [0.3, 0.4) is 0 Å². The lowest BCUT2D eigenvalue weighted by Gasteiger charge is -2.18. The summed E-state index contributed by atoms with van der Waals surface area (Å²) in [5.41, 5.74) is 0.750. The van der Waals surface area contributed by atoms with Crippen LogP contribution in [0.5, 0.6) is 0 Å². The van der Waals surface area contributed by atoms with Crippen LogP contribution < -0.4 is 0 Å². The summed E-state index contributed by atoms with van der Waals surface area (Å²) in [4.78, 5) is 34.8. The first-order valence-electron chi connectivity index (χ1n) is 13.3. The van der Waals surface area contributed by atoms with Crippen molar-refractivity contribution in [2.24, 2.45) is 0 Å². The third-order valence-electron chi connectivity index (χ3n) is 7.45. The van der Waals surface area contributed by atoms with E-state index in [4.69, 9.17) is 16.9 Å². The fourth-order valence-corrected chi connectivity index (χ4v) is 5.32. The fourth-order valence-electron chi connectivity index (χ4n) is 5.17. The molecule has 2 aromatic carbocycles. The smallest absolute Gasteiger partial charge is 0.224 e. The number of halogens is 7. The van der Waals surface area contributed by atoms with Crippen molar-refractivity contribution < 1.29 is 35.9 Å². The molecule has 9 nitrogen and oxygen atoms in total. The van der Waals surface area contributed by atoms with Crippen molar-refractivity contribution in [3.8, 4) is 6.07 Å². The maximum Gasteiger partial charge on any atom is 0.224 e. The molecule has 2 amide bonds. The van der Waals surface area contributed by atoms with E-state index in [1.807, 2.05) is 6.07 Å². The maximum absolute atomic E-state index is 13.3. The van der Waals surface area contributed by atoms with E-state index < -0.39 is 40.8 Å². The van der Waals surface area contributed by atoms with Gasteiger partial charge in [0.25, 0.3) is 0 Å². The summed E-state index contributed by atoms with van der Waals surface area (Å²) in [6.45, 7) is 0.928. The summed E-state index contributed by atoms with van der Waals surface area (Å²) in [6.07, 6.45) is 6.06. The molecule has 16 heteroatoms. The van der Waals surface area contributed by atoms with E-state index in [9.17, 15) is 35.9 Å². The zero-order chi connectivity index (χ0) is 32.4. The number of likely N-dealkylation sites (tertiary alicyclic amines) is 2.